The van der Waals surface area contributed by atoms with Crippen LogP contribution in [0.15, 0.2) is 91.0 Å². The topological polar surface area (TPSA) is 474 Å². The standard InChI is InChI=1S/C52H74N4O13.C52H68N4O12/c1-8-11-12-15-18-36(58)21-23-38-39(45(31-44(38)59)67-35(7)57)19-16-13-14-17-20-46(60)69-52(65)34(6)66-47(61)25-26-48(62)68-37-22-24-42-40(29-37)41(50(63)55-42)30-43-32(4)49(33(5)54-43)51(64)53-27-28-56(9-2)10-3;1-6-56(7-2)28-27-53-51(64)49-32(3)43(54-33(49)4)30-41-40-29-37(22-24-42(40)55-50(41)63)67-48(62)26-25-47(61)66-34(5)52(65)68-46(60)18-14-9-8-13-17-38-39(45(59)31-44(38)58)23-21-36(57)20-19-35-15-11-10-12-16-35/h13,16,22,24,29-30,34,36,38-39,44-45,54,58-59H,8-12,14-15,17-21,23,25-28,31H2,1-7H3,(H,53,64)(H,55,63);8,10-13,15-16,22,24,29-30,34,36,38-39,44-45,54,57-59H,6-7,9,14,17-21,23,25-28,31H2,1-5H3,(H,53,64)(H,55,63)/b16-13-,41-30-;13-8-,41-30-/t34?,36-,38+,39+,44+,45?;34?,36-,38+,39+,44-,45+/m11/s1. The van der Waals surface area contributed by atoms with Crippen molar-refractivity contribution in [1.29, 1.82) is 0 Å². The van der Waals surface area contributed by atoms with Crippen LogP contribution in [0.2, 0.25) is 0 Å². The summed E-state index contributed by atoms with van der Waals surface area (Å²) >= 11 is 0. The van der Waals surface area contributed by atoms with E-state index in [2.05, 4.69) is 75.7 Å². The van der Waals surface area contributed by atoms with Gasteiger partial charge in [0.2, 0.25) is 0 Å². The summed E-state index contributed by atoms with van der Waals surface area (Å²) in [6, 6.07) is 19.2. The van der Waals surface area contributed by atoms with Crippen molar-refractivity contribution in [3.05, 3.63) is 153 Å². The van der Waals surface area contributed by atoms with Crippen LogP contribution in [0.4, 0.5) is 11.4 Å². The number of hydrogen-bond donors (Lipinski definition) is 11. The third-order valence-electron chi connectivity index (χ3n) is 25.6. The molecule has 11 N–H and O–H groups in total. The molecule has 2 aromatic heterocycles. The first-order valence-corrected chi connectivity index (χ1v) is 48.5. The maximum absolute atomic E-state index is 13.1. The first-order chi connectivity index (χ1) is 65.5. The van der Waals surface area contributed by atoms with Crippen molar-refractivity contribution in [2.24, 2.45) is 23.7 Å². The van der Waals surface area contributed by atoms with Crippen LogP contribution in [0.1, 0.15) is 281 Å². The summed E-state index contributed by atoms with van der Waals surface area (Å²) in [5, 5.41) is 64.7. The summed E-state index contributed by atoms with van der Waals surface area (Å²) in [6.45, 7) is 27.4. The van der Waals surface area contributed by atoms with Crippen LogP contribution in [-0.4, -0.2) is 224 Å². The summed E-state index contributed by atoms with van der Waals surface area (Å²) < 4.78 is 36.5. The van der Waals surface area contributed by atoms with Gasteiger partial charge in [0, 0.05) is 104 Å². The highest BCUT2D eigenvalue weighted by atomic mass is 16.6. The number of nitrogens with zero attached hydrogens (tertiary/aromatic N) is 2. The van der Waals surface area contributed by atoms with E-state index in [1.807, 2.05) is 54.6 Å². The minimum atomic E-state index is -1.42. The van der Waals surface area contributed by atoms with Crippen LogP contribution in [0.3, 0.4) is 0 Å². The van der Waals surface area contributed by atoms with Gasteiger partial charge in [-0.25, -0.2) is 9.59 Å². The minimum Gasteiger partial charge on any atom is -0.462 e. The second-order valence-corrected chi connectivity index (χ2v) is 35.6. The average Bonchev–Trinajstić information content (AvgIpc) is 1.63. The number of benzene rings is 3. The molecule has 4 aliphatic rings. The molecule has 0 bridgehead atoms. The van der Waals surface area contributed by atoms with E-state index in [-0.39, 0.29) is 84.5 Å². The highest BCUT2D eigenvalue weighted by Crippen LogP contribution is 2.43. The Morgan fingerprint density at radius 2 is 0.920 bits per heavy atom. The number of likely N-dealkylation sites (N-methyl/N-ethyl adjacent to an activating group) is 2. The fourth-order valence-electron chi connectivity index (χ4n) is 17.8. The van der Waals surface area contributed by atoms with Gasteiger partial charge in [-0.05, 0) is 241 Å². The molecular formula is C104H142N8O25. The molecule has 0 spiro atoms. The molecule has 33 heteroatoms. The zero-order valence-corrected chi connectivity index (χ0v) is 81.4. The van der Waals surface area contributed by atoms with Gasteiger partial charge in [-0.15, -0.1) is 0 Å². The fraction of sp³-hybridized carbons (Fsp3) is 0.548. The van der Waals surface area contributed by atoms with Gasteiger partial charge < -0.3 is 99.7 Å². The number of aromatic nitrogens is 2. The quantitative estimate of drug-likeness (QED) is 0.00327. The maximum Gasteiger partial charge on any atom is 0.354 e. The molecule has 2 aliphatic carbocycles. The number of nitrogens with one attached hydrogen (secondary N) is 6. The van der Waals surface area contributed by atoms with Crippen molar-refractivity contribution in [3.63, 3.8) is 0 Å². The molecule has 4 heterocycles. The van der Waals surface area contributed by atoms with Crippen LogP contribution in [0.5, 0.6) is 11.5 Å². The summed E-state index contributed by atoms with van der Waals surface area (Å²) in [5.41, 5.74) is 8.51. The third-order valence-corrected chi connectivity index (χ3v) is 25.6. The lowest BCUT2D eigenvalue weighted by atomic mass is 9.85. The number of H-pyrrole nitrogens is 2. The van der Waals surface area contributed by atoms with E-state index in [0.29, 0.717) is 175 Å². The van der Waals surface area contributed by atoms with Crippen molar-refractivity contribution in [1.82, 2.24) is 30.4 Å². The summed E-state index contributed by atoms with van der Waals surface area (Å²) in [4.78, 5) is 175. The van der Waals surface area contributed by atoms with Crippen molar-refractivity contribution in [3.8, 4) is 11.5 Å². The Balaban J connectivity index is 0.000000336. The monoisotopic (exact) mass is 1900 g/mol. The van der Waals surface area contributed by atoms with E-state index in [9.17, 15) is 87.9 Å². The molecule has 2 saturated carbocycles. The number of carbonyl (C=O) groups excluding carboxylic acids is 13. The molecule has 3 unspecified atom stereocenters. The van der Waals surface area contributed by atoms with Crippen LogP contribution in [0, 0.1) is 51.4 Å². The van der Waals surface area contributed by atoms with Gasteiger partial charge in [0.15, 0.2) is 12.2 Å². The van der Waals surface area contributed by atoms with Crippen molar-refractivity contribution in [2.75, 3.05) is 63.0 Å². The first kappa shape index (κ1) is 111. The van der Waals surface area contributed by atoms with E-state index < -0.39 is 115 Å². The fourth-order valence-corrected chi connectivity index (χ4v) is 17.8. The van der Waals surface area contributed by atoms with Gasteiger partial charge in [0.25, 0.3) is 23.6 Å². The Hall–Kier alpha value is -11.6. The second-order valence-electron chi connectivity index (χ2n) is 35.6. The van der Waals surface area contributed by atoms with Crippen LogP contribution in [0.25, 0.3) is 23.3 Å². The molecule has 4 amide bonds. The number of aliphatic hydroxyl groups is 5. The minimum absolute atomic E-state index is 0.0659. The van der Waals surface area contributed by atoms with E-state index >= 15 is 0 Å². The average molecular weight is 1900 g/mol. The smallest absolute Gasteiger partial charge is 0.354 e. The summed E-state index contributed by atoms with van der Waals surface area (Å²) in [6.07, 6.45) is 15.2. The van der Waals surface area contributed by atoms with Crippen molar-refractivity contribution < 1.29 is 121 Å². The van der Waals surface area contributed by atoms with Gasteiger partial charge in [-0.1, -0.05) is 115 Å². The molecular weight excluding hydrogens is 1760 g/mol. The number of anilines is 2. The van der Waals surface area contributed by atoms with E-state index in [1.54, 1.807) is 52.0 Å². The molecule has 0 radical (unpaired) electrons. The number of aryl methyl sites for hydroxylation is 3. The molecule has 12 atom stereocenters. The number of esters is 9. The molecule has 2 fully saturated rings. The van der Waals surface area contributed by atoms with Crippen LogP contribution >= 0.6 is 0 Å². The zero-order chi connectivity index (χ0) is 100.0. The number of unbranched alkanes of at least 4 members (excludes halogenated alkanes) is 5. The number of carbonyl (C=O) groups is 13. The number of allylic oxidation sites excluding steroid dienone is 4. The van der Waals surface area contributed by atoms with Gasteiger partial charge in [0.1, 0.15) is 17.6 Å². The number of rotatable bonds is 53. The van der Waals surface area contributed by atoms with Crippen molar-refractivity contribution >= 4 is 112 Å². The summed E-state index contributed by atoms with van der Waals surface area (Å²) in [5.74, 6) is -8.87. The van der Waals surface area contributed by atoms with E-state index in [0.717, 1.165) is 83.4 Å². The predicted octanol–water partition coefficient (Wildman–Crippen LogP) is 13.2. The molecule has 33 nitrogen and oxygen atoms in total. The molecule has 0 saturated heterocycles. The molecule has 748 valence electrons. The molecule has 5 aromatic rings. The van der Waals surface area contributed by atoms with Gasteiger partial charge in [0.05, 0.1) is 78.5 Å². The number of aromatic amines is 2. The van der Waals surface area contributed by atoms with Gasteiger partial charge in [-0.3, -0.25) is 52.7 Å². The molecule has 3 aromatic carbocycles. The normalized spacial score (nSPS) is 19.1. The van der Waals surface area contributed by atoms with Gasteiger partial charge >= 0.3 is 53.7 Å². The summed E-state index contributed by atoms with van der Waals surface area (Å²) in [7, 11) is 0. The Morgan fingerprint density at radius 1 is 0.489 bits per heavy atom. The van der Waals surface area contributed by atoms with Crippen LogP contribution < -0.4 is 30.7 Å². The van der Waals surface area contributed by atoms with Crippen LogP contribution in [-0.2, 0) is 82.8 Å². The first-order valence-electron chi connectivity index (χ1n) is 48.5. The lowest BCUT2D eigenvalue weighted by Gasteiger charge is -2.25. The highest BCUT2D eigenvalue weighted by Gasteiger charge is 2.44. The zero-order valence-electron chi connectivity index (χ0n) is 81.4. The van der Waals surface area contributed by atoms with Crippen molar-refractivity contribution in [2.45, 2.75) is 292 Å². The largest absolute Gasteiger partial charge is 0.462 e. The number of ether oxygens (including phenoxy) is 7. The molecule has 137 heavy (non-hydrogen) atoms. The Labute approximate surface area is 802 Å². The van der Waals surface area contributed by atoms with Gasteiger partial charge in [-0.2, -0.15) is 0 Å². The van der Waals surface area contributed by atoms with E-state index in [1.165, 1.54) is 45.0 Å². The Bertz CT molecular complexity index is 5060. The Morgan fingerprint density at radius 3 is 1.37 bits per heavy atom. The predicted molar refractivity (Wildman–Crippen MR) is 516 cm³/mol. The lowest BCUT2D eigenvalue weighted by Crippen LogP contribution is -2.35. The lowest BCUT2D eigenvalue weighted by molar-refractivity contribution is -0.173. The number of fused-ring (bicyclic) bond motifs is 2. The number of hydrogen-bond acceptors (Lipinski definition) is 27. The molecule has 9 rings (SSSR count). The maximum atomic E-state index is 13.1. The number of aliphatic hydroxyl groups excluding tert-OH is 5. The van der Waals surface area contributed by atoms with E-state index in [4.69, 9.17) is 33.2 Å². The molecule has 2 aliphatic heterocycles. The Kier molecular flexibility index (Phi) is 45.5. The number of amides is 4. The highest BCUT2D eigenvalue weighted by molar-refractivity contribution is 6.36. The third kappa shape index (κ3) is 34.8. The SMILES string of the molecule is CCCCCC[C@@H](O)CC[C@H]1[C@H](C/C=C\CCCC(=O)OC(=O)C(C)OC(=O)CCC(=O)Oc2ccc3c(c2)/C(=C/c2[nH]c(C)c(C(=O)NCCN(CC)CC)c2C)C(=O)N3)C(OC(C)=O)C[C@@H]1O.CCN(CC)CCNC(=O)c1c(C)[nH]c(/C=C2\C(=O)Nc3ccc(OC(=O)CCC(=O)OC(C)C(=O)OC(=O)CCC/C=C\C[C@H]4[C@H](CC[C@H](O)CCc5ccccc5)[C@@H](O)C[C@H]4O)cc32)c1C. The second kappa shape index (κ2) is 56.3.